The maximum atomic E-state index is 5.95. The lowest BCUT2D eigenvalue weighted by Crippen LogP contribution is -2.15. The number of hydrogen-bond acceptors (Lipinski definition) is 2. The first-order chi connectivity index (χ1) is 6.15. The van der Waals surface area contributed by atoms with Crippen LogP contribution in [0.5, 0.6) is 0 Å². The van der Waals surface area contributed by atoms with Gasteiger partial charge < -0.3 is 11.5 Å². The Morgan fingerprint density at radius 1 is 1.31 bits per heavy atom. The summed E-state index contributed by atoms with van der Waals surface area (Å²) in [7, 11) is 0. The zero-order chi connectivity index (χ0) is 9.84. The number of benzene rings is 1. The fourth-order valence-electron chi connectivity index (χ4n) is 1.14. The molecule has 0 unspecified atom stereocenters. The van der Waals surface area contributed by atoms with E-state index in [0.717, 1.165) is 12.0 Å². The maximum absolute atomic E-state index is 5.95. The summed E-state index contributed by atoms with van der Waals surface area (Å²) in [5, 5.41) is 1.22. The fraction of sp³-hybridized carbons (Fsp3) is 0.333. The van der Waals surface area contributed by atoms with Crippen LogP contribution in [0.2, 0.25) is 10.0 Å². The van der Waals surface area contributed by atoms with Gasteiger partial charge in [0.2, 0.25) is 0 Å². The van der Waals surface area contributed by atoms with E-state index in [-0.39, 0.29) is 6.04 Å². The van der Waals surface area contributed by atoms with Crippen molar-refractivity contribution >= 4 is 23.2 Å². The van der Waals surface area contributed by atoms with Crippen molar-refractivity contribution in [2.24, 2.45) is 11.5 Å². The molecule has 1 aromatic carbocycles. The smallest absolute Gasteiger partial charge is 0.0468 e. The number of rotatable bonds is 3. The summed E-state index contributed by atoms with van der Waals surface area (Å²) in [6.45, 7) is 0.556. The first kappa shape index (κ1) is 10.8. The molecular weight excluding hydrogens is 207 g/mol. The molecule has 0 radical (unpaired) electrons. The van der Waals surface area contributed by atoms with Crippen LogP contribution >= 0.6 is 23.2 Å². The van der Waals surface area contributed by atoms with Crippen molar-refractivity contribution in [1.29, 1.82) is 0 Å². The molecule has 0 aliphatic rings. The Bertz CT molecular complexity index is 289. The predicted octanol–water partition coefficient (Wildman–Crippen LogP) is 2.34. The molecule has 1 aromatic rings. The number of nitrogens with two attached hydrogens (primary N) is 2. The molecule has 0 saturated heterocycles. The molecule has 4 heteroatoms. The van der Waals surface area contributed by atoms with Gasteiger partial charge in [-0.05, 0) is 30.7 Å². The van der Waals surface area contributed by atoms with Gasteiger partial charge in [0.05, 0.1) is 0 Å². The van der Waals surface area contributed by atoms with Gasteiger partial charge in [-0.15, -0.1) is 0 Å². The third-order valence-corrected chi connectivity index (χ3v) is 2.40. The fourth-order valence-corrected chi connectivity index (χ4v) is 1.69. The van der Waals surface area contributed by atoms with Crippen LogP contribution in [-0.4, -0.2) is 6.54 Å². The lowest BCUT2D eigenvalue weighted by atomic mass is 10.1. The highest BCUT2D eigenvalue weighted by Crippen LogP contribution is 2.26. The highest BCUT2D eigenvalue weighted by Gasteiger charge is 2.08. The Morgan fingerprint density at radius 3 is 2.54 bits per heavy atom. The summed E-state index contributed by atoms with van der Waals surface area (Å²) < 4.78 is 0. The molecule has 0 saturated carbocycles. The van der Waals surface area contributed by atoms with Crippen molar-refractivity contribution in [3.8, 4) is 0 Å². The van der Waals surface area contributed by atoms with Gasteiger partial charge in [-0.2, -0.15) is 0 Å². The van der Waals surface area contributed by atoms with E-state index in [2.05, 4.69) is 0 Å². The van der Waals surface area contributed by atoms with Gasteiger partial charge in [0, 0.05) is 16.1 Å². The zero-order valence-electron chi connectivity index (χ0n) is 7.13. The molecule has 0 bridgehead atoms. The topological polar surface area (TPSA) is 52.0 Å². The van der Waals surface area contributed by atoms with Crippen molar-refractivity contribution in [2.45, 2.75) is 12.5 Å². The molecule has 72 valence electrons. The summed E-state index contributed by atoms with van der Waals surface area (Å²) in [6, 6.07) is 5.20. The zero-order valence-corrected chi connectivity index (χ0v) is 8.65. The lowest BCUT2D eigenvalue weighted by molar-refractivity contribution is 0.661. The highest BCUT2D eigenvalue weighted by atomic mass is 35.5. The van der Waals surface area contributed by atoms with Crippen LogP contribution in [0.25, 0.3) is 0 Å². The van der Waals surface area contributed by atoms with Crippen LogP contribution in [-0.2, 0) is 0 Å². The molecule has 0 aliphatic carbocycles. The van der Waals surface area contributed by atoms with E-state index in [4.69, 9.17) is 34.7 Å². The summed E-state index contributed by atoms with van der Waals surface area (Å²) in [4.78, 5) is 0. The Hall–Kier alpha value is -0.280. The first-order valence-electron chi connectivity index (χ1n) is 4.05. The summed E-state index contributed by atoms with van der Waals surface area (Å²) in [5.74, 6) is 0. The molecule has 0 spiro atoms. The second kappa shape index (κ2) is 4.82. The quantitative estimate of drug-likeness (QED) is 0.819. The van der Waals surface area contributed by atoms with E-state index >= 15 is 0 Å². The van der Waals surface area contributed by atoms with E-state index in [1.165, 1.54) is 0 Å². The molecule has 1 rings (SSSR count). The summed E-state index contributed by atoms with van der Waals surface area (Å²) in [5.41, 5.74) is 12.1. The molecule has 13 heavy (non-hydrogen) atoms. The second-order valence-corrected chi connectivity index (χ2v) is 3.69. The van der Waals surface area contributed by atoms with Gasteiger partial charge in [-0.1, -0.05) is 29.3 Å². The highest BCUT2D eigenvalue weighted by molar-refractivity contribution is 6.35. The maximum Gasteiger partial charge on any atom is 0.0468 e. The lowest BCUT2D eigenvalue weighted by Gasteiger charge is -2.12. The standard InChI is InChI=1S/C9H12Cl2N2/c10-6-1-2-7(8(11)5-6)9(13)3-4-12/h1-2,5,9H,3-4,12-13H2/t9-/m0/s1. The van der Waals surface area contributed by atoms with E-state index in [1.807, 2.05) is 6.07 Å². The van der Waals surface area contributed by atoms with Crippen molar-refractivity contribution in [3.05, 3.63) is 33.8 Å². The minimum Gasteiger partial charge on any atom is -0.330 e. The average Bonchev–Trinajstić information content (AvgIpc) is 2.04. The molecule has 0 fully saturated rings. The first-order valence-corrected chi connectivity index (χ1v) is 4.81. The molecule has 0 aromatic heterocycles. The molecule has 1 atom stereocenters. The summed E-state index contributed by atoms with van der Waals surface area (Å²) >= 11 is 11.7. The third-order valence-electron chi connectivity index (χ3n) is 1.84. The van der Waals surface area contributed by atoms with Crippen LogP contribution in [0.3, 0.4) is 0 Å². The van der Waals surface area contributed by atoms with Gasteiger partial charge in [-0.3, -0.25) is 0 Å². The molecule has 0 amide bonds. The SMILES string of the molecule is NCC[C@H](N)c1ccc(Cl)cc1Cl. The van der Waals surface area contributed by atoms with E-state index in [0.29, 0.717) is 16.6 Å². The Morgan fingerprint density at radius 2 is 2.00 bits per heavy atom. The van der Waals surface area contributed by atoms with E-state index < -0.39 is 0 Å². The number of halogens is 2. The molecular formula is C9H12Cl2N2. The normalized spacial score (nSPS) is 12.9. The Balaban J connectivity index is 2.88. The van der Waals surface area contributed by atoms with Crippen LogP contribution < -0.4 is 11.5 Å². The van der Waals surface area contributed by atoms with Crippen molar-refractivity contribution in [2.75, 3.05) is 6.54 Å². The van der Waals surface area contributed by atoms with Gasteiger partial charge in [0.15, 0.2) is 0 Å². The van der Waals surface area contributed by atoms with E-state index in [1.54, 1.807) is 12.1 Å². The molecule has 0 heterocycles. The minimum atomic E-state index is -0.102. The van der Waals surface area contributed by atoms with Gasteiger partial charge in [0.1, 0.15) is 0 Å². The van der Waals surface area contributed by atoms with Crippen molar-refractivity contribution in [1.82, 2.24) is 0 Å². The minimum absolute atomic E-state index is 0.102. The average molecular weight is 219 g/mol. The van der Waals surface area contributed by atoms with Gasteiger partial charge >= 0.3 is 0 Å². The second-order valence-electron chi connectivity index (χ2n) is 2.85. The van der Waals surface area contributed by atoms with Crippen LogP contribution in [0.4, 0.5) is 0 Å². The van der Waals surface area contributed by atoms with Crippen molar-refractivity contribution in [3.63, 3.8) is 0 Å². The van der Waals surface area contributed by atoms with Gasteiger partial charge in [0.25, 0.3) is 0 Å². The molecule has 2 nitrogen and oxygen atoms in total. The third kappa shape index (κ3) is 2.85. The Labute approximate surface area is 87.8 Å². The Kier molecular flexibility index (Phi) is 4.00. The monoisotopic (exact) mass is 218 g/mol. The number of hydrogen-bond donors (Lipinski definition) is 2. The van der Waals surface area contributed by atoms with Crippen LogP contribution in [0, 0.1) is 0 Å². The van der Waals surface area contributed by atoms with Gasteiger partial charge in [-0.25, -0.2) is 0 Å². The van der Waals surface area contributed by atoms with Crippen molar-refractivity contribution < 1.29 is 0 Å². The molecule has 0 aliphatic heterocycles. The van der Waals surface area contributed by atoms with E-state index in [9.17, 15) is 0 Å². The molecule has 4 N–H and O–H groups in total. The van der Waals surface area contributed by atoms with Crippen LogP contribution in [0.1, 0.15) is 18.0 Å². The summed E-state index contributed by atoms with van der Waals surface area (Å²) in [6.07, 6.45) is 0.724. The van der Waals surface area contributed by atoms with Crippen LogP contribution in [0.15, 0.2) is 18.2 Å². The predicted molar refractivity (Wildman–Crippen MR) is 57.1 cm³/mol. The largest absolute Gasteiger partial charge is 0.330 e.